The van der Waals surface area contributed by atoms with Crippen molar-refractivity contribution in [1.82, 2.24) is 44.4 Å². The Morgan fingerprint density at radius 1 is 0.788 bits per heavy atom. The molecule has 1 aromatic carbocycles. The summed E-state index contributed by atoms with van der Waals surface area (Å²) in [6, 6.07) is 10.1. The number of aryl methyl sites for hydroxylation is 1. The van der Waals surface area contributed by atoms with Gasteiger partial charge >= 0.3 is 0 Å². The summed E-state index contributed by atoms with van der Waals surface area (Å²) in [5.74, 6) is 0.993. The van der Waals surface area contributed by atoms with Crippen molar-refractivity contribution in [2.75, 3.05) is 94.9 Å². The van der Waals surface area contributed by atoms with Gasteiger partial charge in [0.15, 0.2) is 5.78 Å². The molecule has 1 N–H and O–H groups in total. The molecule has 1 saturated carbocycles. The molecule has 0 bridgehead atoms. The standard InChI is InChI=1S/C51H65N11O4/c1-34-8-13-45(49(64)54-34)61-33-38-28-41(11-12-43(38)50(61)65)59-26-22-58(23-27-59)32-37-14-16-56(17-15-37)18-19-57-20-24-60(25-21-57)42-10-9-39(52-30-42)29-46-53-31-44-35(2)47(36(3)63)51(66)62(48(44)55-46)40-6-4-5-7-40/h9-12,28,30-31,37,40,45H,1,4-8,13-27,29,32-33H2,2-3H3,(H,54,64). The first-order valence-electron chi connectivity index (χ1n) is 24.5. The first kappa shape index (κ1) is 44.3. The number of anilines is 2. The number of amides is 2. The number of likely N-dealkylation sites (tertiary alicyclic amines) is 1. The number of piperidine rings is 2. The number of carbonyl (C=O) groups is 3. The molecule has 15 nitrogen and oxygen atoms in total. The number of aromatic nitrogens is 4. The van der Waals surface area contributed by atoms with Crippen LogP contribution in [0.1, 0.15) is 108 Å². The van der Waals surface area contributed by atoms with E-state index in [4.69, 9.17) is 9.97 Å². The Kier molecular flexibility index (Phi) is 12.8. The third kappa shape index (κ3) is 9.13. The second-order valence-corrected chi connectivity index (χ2v) is 19.7. The first-order valence-corrected chi connectivity index (χ1v) is 24.5. The van der Waals surface area contributed by atoms with E-state index < -0.39 is 6.04 Å². The van der Waals surface area contributed by atoms with Gasteiger partial charge in [-0.05, 0) is 113 Å². The van der Waals surface area contributed by atoms with Crippen LogP contribution in [0.3, 0.4) is 0 Å². The monoisotopic (exact) mass is 896 g/mol. The van der Waals surface area contributed by atoms with Gasteiger partial charge in [-0.15, -0.1) is 0 Å². The molecule has 5 fully saturated rings. The molecule has 4 saturated heterocycles. The summed E-state index contributed by atoms with van der Waals surface area (Å²) in [6.07, 6.45) is 12.0. The minimum absolute atomic E-state index is 0.0417. The molecular weight excluding hydrogens is 831 g/mol. The number of hydrogen-bond donors (Lipinski definition) is 1. The highest BCUT2D eigenvalue weighted by atomic mass is 16.2. The maximum absolute atomic E-state index is 13.6. The molecule has 66 heavy (non-hydrogen) atoms. The fourth-order valence-electron chi connectivity index (χ4n) is 11.5. The van der Waals surface area contributed by atoms with Crippen LogP contribution >= 0.6 is 0 Å². The molecule has 1 unspecified atom stereocenters. The number of pyridine rings is 2. The van der Waals surface area contributed by atoms with Crippen LogP contribution in [0.2, 0.25) is 0 Å². The quantitative estimate of drug-likeness (QED) is 0.195. The van der Waals surface area contributed by atoms with Crippen molar-refractivity contribution in [1.29, 1.82) is 0 Å². The van der Waals surface area contributed by atoms with E-state index in [1.807, 2.05) is 19.2 Å². The minimum Gasteiger partial charge on any atom is -0.369 e. The Morgan fingerprint density at radius 3 is 2.15 bits per heavy atom. The molecule has 0 radical (unpaired) electrons. The molecule has 4 aromatic rings. The highest BCUT2D eigenvalue weighted by Gasteiger charge is 2.38. The maximum Gasteiger partial charge on any atom is 0.263 e. The smallest absolute Gasteiger partial charge is 0.263 e. The Balaban J connectivity index is 0.641. The molecule has 1 atom stereocenters. The average Bonchev–Trinajstić information content (AvgIpc) is 3.97. The van der Waals surface area contributed by atoms with Crippen molar-refractivity contribution >= 4 is 40.0 Å². The van der Waals surface area contributed by atoms with Crippen molar-refractivity contribution < 1.29 is 14.4 Å². The van der Waals surface area contributed by atoms with Crippen LogP contribution in [0.15, 0.2) is 59.8 Å². The van der Waals surface area contributed by atoms with Gasteiger partial charge in [0.1, 0.15) is 17.5 Å². The van der Waals surface area contributed by atoms with Crippen LogP contribution in [0.5, 0.6) is 0 Å². The molecule has 15 heteroatoms. The summed E-state index contributed by atoms with van der Waals surface area (Å²) in [6.45, 7) is 21.5. The number of hydrogen-bond acceptors (Lipinski definition) is 12. The van der Waals surface area contributed by atoms with Crippen molar-refractivity contribution in [3.8, 4) is 0 Å². The van der Waals surface area contributed by atoms with E-state index in [0.29, 0.717) is 42.8 Å². The molecule has 0 spiro atoms. The first-order chi connectivity index (χ1) is 32.1. The van der Waals surface area contributed by atoms with E-state index >= 15 is 0 Å². The normalized spacial score (nSPS) is 21.9. The van der Waals surface area contributed by atoms with Gasteiger partial charge in [0.2, 0.25) is 5.91 Å². The predicted octanol–water partition coefficient (Wildman–Crippen LogP) is 4.81. The summed E-state index contributed by atoms with van der Waals surface area (Å²) < 4.78 is 1.78. The van der Waals surface area contributed by atoms with E-state index in [-0.39, 0.29) is 34.8 Å². The van der Waals surface area contributed by atoms with Gasteiger partial charge in [0.25, 0.3) is 11.5 Å². The van der Waals surface area contributed by atoms with Gasteiger partial charge in [-0.25, -0.2) is 9.97 Å². The number of ketones is 1. The number of nitrogens with zero attached hydrogens (tertiary/aromatic N) is 10. The van der Waals surface area contributed by atoms with Crippen molar-refractivity contribution in [3.63, 3.8) is 0 Å². The van der Waals surface area contributed by atoms with Crippen molar-refractivity contribution in [3.05, 3.63) is 99.1 Å². The number of piperazine rings is 2. The summed E-state index contributed by atoms with van der Waals surface area (Å²) in [5.41, 5.74) is 6.99. The molecule has 5 aliphatic heterocycles. The predicted molar refractivity (Wildman–Crippen MR) is 256 cm³/mol. The molecular formula is C51H65N11O4. The lowest BCUT2D eigenvalue weighted by molar-refractivity contribution is -0.126. The van der Waals surface area contributed by atoms with Gasteiger partial charge in [0, 0.05) is 119 Å². The molecule has 3 aromatic heterocycles. The van der Waals surface area contributed by atoms with Gasteiger partial charge in [0.05, 0.1) is 23.9 Å². The molecule has 1 aliphatic carbocycles. The zero-order valence-corrected chi connectivity index (χ0v) is 38.8. The van der Waals surface area contributed by atoms with Gasteiger partial charge in [-0.2, -0.15) is 0 Å². The lowest BCUT2D eigenvalue weighted by Crippen LogP contribution is -2.50. The molecule has 6 aliphatic rings. The van der Waals surface area contributed by atoms with Gasteiger partial charge in [-0.1, -0.05) is 19.4 Å². The van der Waals surface area contributed by atoms with Crippen LogP contribution in [-0.2, 0) is 17.8 Å². The largest absolute Gasteiger partial charge is 0.369 e. The lowest BCUT2D eigenvalue weighted by Gasteiger charge is -2.40. The second-order valence-electron chi connectivity index (χ2n) is 19.7. The zero-order chi connectivity index (χ0) is 45.5. The van der Waals surface area contributed by atoms with Gasteiger partial charge in [-0.3, -0.25) is 38.5 Å². The van der Waals surface area contributed by atoms with E-state index in [1.165, 1.54) is 45.1 Å². The molecule has 10 rings (SSSR count). The van der Waals surface area contributed by atoms with Crippen LogP contribution in [0, 0.1) is 12.8 Å². The van der Waals surface area contributed by atoms with Crippen LogP contribution in [0.25, 0.3) is 11.0 Å². The van der Waals surface area contributed by atoms with Gasteiger partial charge < -0.3 is 24.9 Å². The van der Waals surface area contributed by atoms with E-state index in [1.54, 1.807) is 15.7 Å². The number of fused-ring (bicyclic) bond motifs is 2. The fourth-order valence-corrected chi connectivity index (χ4v) is 11.5. The Hall–Kier alpha value is -5.51. The number of nitrogens with one attached hydrogen (secondary N) is 1. The topological polar surface area (TPSA) is 143 Å². The summed E-state index contributed by atoms with van der Waals surface area (Å²) in [7, 11) is 0. The minimum atomic E-state index is -0.429. The number of allylic oxidation sites excluding steroid dienone is 1. The number of rotatable bonds is 12. The highest BCUT2D eigenvalue weighted by molar-refractivity contribution is 6.02. The summed E-state index contributed by atoms with van der Waals surface area (Å²) >= 11 is 0. The number of benzene rings is 1. The van der Waals surface area contributed by atoms with Crippen LogP contribution in [0.4, 0.5) is 11.4 Å². The summed E-state index contributed by atoms with van der Waals surface area (Å²) in [5, 5.41) is 3.60. The maximum atomic E-state index is 13.6. The van der Waals surface area contributed by atoms with Crippen molar-refractivity contribution in [2.24, 2.45) is 5.92 Å². The van der Waals surface area contributed by atoms with E-state index in [0.717, 1.165) is 131 Å². The second kappa shape index (κ2) is 19.0. The van der Waals surface area contributed by atoms with Crippen LogP contribution < -0.4 is 20.7 Å². The highest BCUT2D eigenvalue weighted by Crippen LogP contribution is 2.34. The third-order valence-corrected chi connectivity index (χ3v) is 15.5. The molecule has 2 amide bonds. The average molecular weight is 896 g/mol. The van der Waals surface area contributed by atoms with E-state index in [2.05, 4.69) is 65.6 Å². The van der Waals surface area contributed by atoms with Crippen molar-refractivity contribution in [2.45, 2.75) is 90.3 Å². The SMILES string of the molecule is C=C1CCC(N2Cc3cc(N4CCN(CC5CCN(CCN6CCN(c7ccc(Cc8ncc9c(C)c(C(C)=O)c(=O)n(C%10CCCC%10)c9n8)nc7)CC6)CC5)CC4)ccc3C2=O)C(=O)N1. The zero-order valence-electron chi connectivity index (χ0n) is 38.8. The lowest BCUT2D eigenvalue weighted by atomic mass is 9.96. The number of Topliss-reactive ketones (excluding diaryl/α,β-unsaturated/α-hetero) is 1. The fraction of sp³-hybridized carbons (Fsp3) is 0.549. The Morgan fingerprint density at radius 2 is 1.47 bits per heavy atom. The summed E-state index contributed by atoms with van der Waals surface area (Å²) in [4.78, 5) is 81.0. The van der Waals surface area contributed by atoms with E-state index in [9.17, 15) is 19.2 Å². The molecule has 8 heterocycles. The Labute approximate surface area is 387 Å². The number of carbonyl (C=O) groups excluding carboxylic acids is 3. The van der Waals surface area contributed by atoms with Crippen LogP contribution in [-0.4, -0.2) is 148 Å². The molecule has 348 valence electrons. The Bertz CT molecular complexity index is 2550. The third-order valence-electron chi connectivity index (χ3n) is 15.5.